The van der Waals surface area contributed by atoms with E-state index in [0.717, 1.165) is 17.1 Å². The summed E-state index contributed by atoms with van der Waals surface area (Å²) in [4.78, 5) is 2.48. The molecule has 0 saturated heterocycles. The molecule has 0 aliphatic carbocycles. The maximum Gasteiger partial charge on any atom is 0.0555 e. The zero-order valence-corrected chi connectivity index (χ0v) is 34.1. The second kappa shape index (κ2) is 14.5. The molecule has 2 nitrogen and oxygen atoms in total. The minimum atomic E-state index is 1.10. The molecule has 12 aromatic rings. The normalized spacial score (nSPS) is 11.6. The van der Waals surface area contributed by atoms with Crippen LogP contribution in [0.3, 0.4) is 0 Å². The Morgan fingerprint density at radius 2 is 0.918 bits per heavy atom. The SMILES string of the molecule is c1ccc(-c2cccc(N(c3cccc(-c4cccc5ccccc45)c3)c3ccc(-c4ccccc4-n4c5ccccc5c5ccccc54)c4sc5ccccc5c34)c2)cc1. The third kappa shape index (κ3) is 5.85. The van der Waals surface area contributed by atoms with Gasteiger partial charge in [-0.2, -0.15) is 0 Å². The van der Waals surface area contributed by atoms with Gasteiger partial charge in [0.1, 0.15) is 0 Å². The van der Waals surface area contributed by atoms with Gasteiger partial charge in [-0.15, -0.1) is 11.3 Å². The average molecular weight is 795 g/mol. The van der Waals surface area contributed by atoms with Crippen molar-refractivity contribution in [3.8, 4) is 39.1 Å². The molecule has 0 N–H and O–H groups in total. The van der Waals surface area contributed by atoms with Crippen molar-refractivity contribution in [2.24, 2.45) is 0 Å². The number of benzene rings is 10. The summed E-state index contributed by atoms with van der Waals surface area (Å²) in [5.74, 6) is 0. The van der Waals surface area contributed by atoms with E-state index in [1.165, 1.54) is 91.8 Å². The lowest BCUT2D eigenvalue weighted by molar-refractivity contribution is 1.18. The number of nitrogens with zero attached hydrogens (tertiary/aromatic N) is 2. The molecule has 0 bridgehead atoms. The lowest BCUT2D eigenvalue weighted by Gasteiger charge is -2.28. The van der Waals surface area contributed by atoms with Crippen LogP contribution in [0.1, 0.15) is 0 Å². The van der Waals surface area contributed by atoms with Crippen molar-refractivity contribution in [1.82, 2.24) is 4.57 Å². The van der Waals surface area contributed by atoms with E-state index in [0.29, 0.717) is 0 Å². The Labute approximate surface area is 358 Å². The first-order valence-electron chi connectivity index (χ1n) is 20.8. The molecule has 0 fully saturated rings. The van der Waals surface area contributed by atoms with Crippen molar-refractivity contribution < 1.29 is 0 Å². The molecule has 0 amide bonds. The molecule has 0 unspecified atom stereocenters. The number of hydrogen-bond donors (Lipinski definition) is 0. The maximum atomic E-state index is 2.48. The van der Waals surface area contributed by atoms with Gasteiger partial charge in [-0.3, -0.25) is 0 Å². The molecule has 0 radical (unpaired) electrons. The summed E-state index contributed by atoms with van der Waals surface area (Å²) in [6, 6.07) is 84.2. The zero-order chi connectivity index (χ0) is 40.3. The van der Waals surface area contributed by atoms with Crippen LogP contribution in [-0.4, -0.2) is 4.57 Å². The summed E-state index contributed by atoms with van der Waals surface area (Å²) >= 11 is 1.88. The fourth-order valence-corrected chi connectivity index (χ4v) is 10.7. The van der Waals surface area contributed by atoms with Crippen molar-refractivity contribution in [2.75, 3.05) is 4.90 Å². The molecule has 0 aliphatic heterocycles. The van der Waals surface area contributed by atoms with Crippen LogP contribution in [0.5, 0.6) is 0 Å². The molecule has 0 atom stereocenters. The highest BCUT2D eigenvalue weighted by atomic mass is 32.1. The molecule has 61 heavy (non-hydrogen) atoms. The van der Waals surface area contributed by atoms with Gasteiger partial charge in [0.15, 0.2) is 0 Å². The Bertz CT molecular complexity index is 3550. The predicted octanol–water partition coefficient (Wildman–Crippen LogP) is 16.8. The van der Waals surface area contributed by atoms with Crippen LogP contribution < -0.4 is 4.90 Å². The van der Waals surface area contributed by atoms with E-state index in [2.05, 4.69) is 240 Å². The monoisotopic (exact) mass is 794 g/mol. The summed E-state index contributed by atoms with van der Waals surface area (Å²) in [7, 11) is 0. The van der Waals surface area contributed by atoms with E-state index >= 15 is 0 Å². The zero-order valence-electron chi connectivity index (χ0n) is 33.2. The van der Waals surface area contributed by atoms with Gasteiger partial charge in [-0.25, -0.2) is 0 Å². The van der Waals surface area contributed by atoms with E-state index < -0.39 is 0 Å². The van der Waals surface area contributed by atoms with Crippen molar-refractivity contribution in [1.29, 1.82) is 0 Å². The van der Waals surface area contributed by atoms with Crippen LogP contribution in [0, 0.1) is 0 Å². The number of thiophene rings is 1. The standard InChI is InChI=1S/C58H38N2S/c1-2-17-39(18-3-1)41-21-14-23-43(37-41)59(44-24-15-22-42(38-44)46-30-16-20-40-19-4-5-25-45(40)46)55-36-35-50(58-57(55)51-29-9-13-34-56(51)61-58)49-28-8-12-33-54(49)60-52-31-10-6-26-47(52)48-27-7-11-32-53(48)60/h1-38H. The van der Waals surface area contributed by atoms with Gasteiger partial charge in [-0.1, -0.05) is 176 Å². The first-order chi connectivity index (χ1) is 30.3. The Hall–Kier alpha value is -7.72. The van der Waals surface area contributed by atoms with Gasteiger partial charge in [0.05, 0.1) is 22.4 Å². The van der Waals surface area contributed by atoms with E-state index in [-0.39, 0.29) is 0 Å². The number of anilines is 3. The van der Waals surface area contributed by atoms with Crippen LogP contribution in [0.2, 0.25) is 0 Å². The highest BCUT2D eigenvalue weighted by molar-refractivity contribution is 7.26. The molecule has 0 saturated carbocycles. The summed E-state index contributed by atoms with van der Waals surface area (Å²) in [6.07, 6.45) is 0. The molecule has 10 aromatic carbocycles. The summed E-state index contributed by atoms with van der Waals surface area (Å²) in [5, 5.41) is 7.50. The lowest BCUT2D eigenvalue weighted by atomic mass is 9.96. The molecule has 2 aromatic heterocycles. The van der Waals surface area contributed by atoms with E-state index in [1.807, 2.05) is 11.3 Å². The second-order valence-corrected chi connectivity index (χ2v) is 16.7. The highest BCUT2D eigenvalue weighted by Crippen LogP contribution is 2.50. The van der Waals surface area contributed by atoms with E-state index in [1.54, 1.807) is 0 Å². The molecule has 12 rings (SSSR count). The van der Waals surface area contributed by atoms with Gasteiger partial charge in [0.2, 0.25) is 0 Å². The number of fused-ring (bicyclic) bond motifs is 7. The van der Waals surface area contributed by atoms with Crippen molar-refractivity contribution in [3.63, 3.8) is 0 Å². The Balaban J connectivity index is 1.12. The minimum Gasteiger partial charge on any atom is -0.310 e. The third-order valence-corrected chi connectivity index (χ3v) is 13.4. The van der Waals surface area contributed by atoms with Crippen LogP contribution >= 0.6 is 11.3 Å². The van der Waals surface area contributed by atoms with Crippen LogP contribution in [0.4, 0.5) is 17.1 Å². The van der Waals surface area contributed by atoms with Gasteiger partial charge in [-0.05, 0) is 87.6 Å². The summed E-state index contributed by atoms with van der Waals surface area (Å²) in [5.41, 5.74) is 14.1. The van der Waals surface area contributed by atoms with Crippen molar-refractivity contribution >= 4 is 81.1 Å². The van der Waals surface area contributed by atoms with Gasteiger partial charge in [0, 0.05) is 53.4 Å². The van der Waals surface area contributed by atoms with E-state index in [4.69, 9.17) is 0 Å². The number of rotatable bonds is 7. The topological polar surface area (TPSA) is 8.17 Å². The molecule has 0 spiro atoms. The number of aromatic nitrogens is 1. The summed E-state index contributed by atoms with van der Waals surface area (Å²) < 4.78 is 4.98. The quantitative estimate of drug-likeness (QED) is 0.156. The van der Waals surface area contributed by atoms with Gasteiger partial charge < -0.3 is 9.47 Å². The fourth-order valence-electron chi connectivity index (χ4n) is 9.46. The maximum absolute atomic E-state index is 2.48. The number of para-hydroxylation sites is 3. The first-order valence-corrected chi connectivity index (χ1v) is 21.7. The van der Waals surface area contributed by atoms with Gasteiger partial charge in [0.25, 0.3) is 0 Å². The highest BCUT2D eigenvalue weighted by Gasteiger charge is 2.24. The Morgan fingerprint density at radius 1 is 0.361 bits per heavy atom. The molecule has 3 heteroatoms. The smallest absolute Gasteiger partial charge is 0.0555 e. The minimum absolute atomic E-state index is 1.10. The third-order valence-electron chi connectivity index (χ3n) is 12.2. The molecule has 0 aliphatic rings. The van der Waals surface area contributed by atoms with Crippen molar-refractivity contribution in [3.05, 3.63) is 231 Å². The van der Waals surface area contributed by atoms with Crippen LogP contribution in [-0.2, 0) is 0 Å². The van der Waals surface area contributed by atoms with Crippen LogP contribution in [0.15, 0.2) is 231 Å². The van der Waals surface area contributed by atoms with Gasteiger partial charge >= 0.3 is 0 Å². The second-order valence-electron chi connectivity index (χ2n) is 15.7. The molecule has 286 valence electrons. The fraction of sp³-hybridized carbons (Fsp3) is 0. The number of hydrogen-bond acceptors (Lipinski definition) is 2. The lowest BCUT2D eigenvalue weighted by Crippen LogP contribution is -2.11. The predicted molar refractivity (Wildman–Crippen MR) is 262 cm³/mol. The summed E-state index contributed by atoms with van der Waals surface area (Å²) in [6.45, 7) is 0. The molecule has 2 heterocycles. The van der Waals surface area contributed by atoms with E-state index in [9.17, 15) is 0 Å². The van der Waals surface area contributed by atoms with Crippen LogP contribution in [0.25, 0.3) is 91.8 Å². The van der Waals surface area contributed by atoms with Crippen molar-refractivity contribution in [2.45, 2.75) is 0 Å². The Kier molecular flexibility index (Phi) is 8.39. The molecular weight excluding hydrogens is 757 g/mol. The largest absolute Gasteiger partial charge is 0.310 e. The average Bonchev–Trinajstić information content (AvgIpc) is 3.89. The first kappa shape index (κ1) is 35.2. The molecular formula is C58H38N2S. The Morgan fingerprint density at radius 3 is 1.70 bits per heavy atom.